The van der Waals surface area contributed by atoms with Crippen molar-refractivity contribution in [3.63, 3.8) is 0 Å². The van der Waals surface area contributed by atoms with Crippen molar-refractivity contribution in [3.05, 3.63) is 169 Å². The molecule has 0 unspecified atom stereocenters. The van der Waals surface area contributed by atoms with Crippen molar-refractivity contribution in [2.75, 3.05) is 9.80 Å². The molecule has 9 aromatic rings. The van der Waals surface area contributed by atoms with Crippen molar-refractivity contribution in [1.29, 1.82) is 0 Å². The molecule has 0 saturated heterocycles. The minimum absolute atomic E-state index is 0.0219. The summed E-state index contributed by atoms with van der Waals surface area (Å²) in [5, 5.41) is 4.27. The average Bonchev–Trinajstić information content (AvgIpc) is 3.73. The van der Waals surface area contributed by atoms with Crippen LogP contribution in [0.5, 0.6) is 0 Å². The standard InChI is InChI=1S/C46H36N2O2/c1-46(2,3)31-25-27-34(28-26-31)48(39-22-14-21-36-35-19-10-12-23-41(35)49-44(36)39)40-30-29-38(43-37-20-11-13-24-42(37)50-45(40)43)47(32-15-6-4-7-16-32)33-17-8-5-9-18-33/h4-30H,1-3H3. The van der Waals surface area contributed by atoms with Gasteiger partial charge >= 0.3 is 0 Å². The number of para-hydroxylation sites is 5. The zero-order valence-electron chi connectivity index (χ0n) is 28.3. The van der Waals surface area contributed by atoms with Crippen LogP contribution in [0.25, 0.3) is 43.9 Å². The minimum atomic E-state index is 0.0219. The molecule has 0 N–H and O–H groups in total. The van der Waals surface area contributed by atoms with Gasteiger partial charge in [-0.25, -0.2) is 0 Å². The Kier molecular flexibility index (Phi) is 6.99. The lowest BCUT2D eigenvalue weighted by Gasteiger charge is -2.29. The van der Waals surface area contributed by atoms with Gasteiger partial charge in [0.1, 0.15) is 11.2 Å². The largest absolute Gasteiger partial charge is 0.454 e. The van der Waals surface area contributed by atoms with Gasteiger partial charge in [0.05, 0.1) is 22.4 Å². The molecular formula is C46H36N2O2. The molecule has 242 valence electrons. The number of rotatable bonds is 6. The lowest BCUT2D eigenvalue weighted by atomic mass is 9.87. The molecule has 0 aliphatic heterocycles. The SMILES string of the molecule is CC(C)(C)c1ccc(N(c2cccc3c2oc2ccccc23)c2ccc(N(c3ccccc3)c3ccccc3)c3c2oc2ccccc23)cc1. The molecule has 0 aliphatic carbocycles. The zero-order chi connectivity index (χ0) is 33.8. The van der Waals surface area contributed by atoms with E-state index in [9.17, 15) is 0 Å². The third kappa shape index (κ3) is 4.91. The summed E-state index contributed by atoms with van der Waals surface area (Å²) in [7, 11) is 0. The molecule has 0 amide bonds. The third-order valence-electron chi connectivity index (χ3n) is 9.61. The molecule has 4 nitrogen and oxygen atoms in total. The van der Waals surface area contributed by atoms with Crippen LogP contribution in [0.15, 0.2) is 173 Å². The van der Waals surface area contributed by atoms with Gasteiger partial charge in [0.25, 0.3) is 0 Å². The molecule has 0 saturated carbocycles. The fourth-order valence-electron chi connectivity index (χ4n) is 7.17. The second kappa shape index (κ2) is 11.7. The monoisotopic (exact) mass is 648 g/mol. The highest BCUT2D eigenvalue weighted by atomic mass is 16.3. The van der Waals surface area contributed by atoms with Crippen molar-refractivity contribution in [2.24, 2.45) is 0 Å². The maximum Gasteiger partial charge on any atom is 0.161 e. The fraction of sp³-hybridized carbons (Fsp3) is 0.0870. The summed E-state index contributed by atoms with van der Waals surface area (Å²) in [5.41, 5.74) is 10.7. The van der Waals surface area contributed by atoms with Crippen LogP contribution in [0.3, 0.4) is 0 Å². The first-order valence-corrected chi connectivity index (χ1v) is 17.1. The Balaban J connectivity index is 1.36. The second-order valence-electron chi connectivity index (χ2n) is 13.8. The van der Waals surface area contributed by atoms with Crippen LogP contribution < -0.4 is 9.80 Å². The van der Waals surface area contributed by atoms with E-state index in [1.807, 2.05) is 18.2 Å². The quantitative estimate of drug-likeness (QED) is 0.180. The minimum Gasteiger partial charge on any atom is -0.454 e. The topological polar surface area (TPSA) is 32.8 Å². The first kappa shape index (κ1) is 29.8. The van der Waals surface area contributed by atoms with E-state index < -0.39 is 0 Å². The van der Waals surface area contributed by atoms with Gasteiger partial charge in [-0.3, -0.25) is 0 Å². The number of hydrogen-bond donors (Lipinski definition) is 0. The molecule has 9 rings (SSSR count). The maximum atomic E-state index is 6.92. The summed E-state index contributed by atoms with van der Waals surface area (Å²) >= 11 is 0. The van der Waals surface area contributed by atoms with E-state index in [4.69, 9.17) is 8.83 Å². The Morgan fingerprint density at radius 2 is 0.880 bits per heavy atom. The van der Waals surface area contributed by atoms with Crippen LogP contribution in [-0.2, 0) is 5.41 Å². The Morgan fingerprint density at radius 1 is 0.380 bits per heavy atom. The average molecular weight is 649 g/mol. The summed E-state index contributed by atoms with van der Waals surface area (Å²) in [6.45, 7) is 6.74. The number of furan rings is 2. The molecule has 0 radical (unpaired) electrons. The van der Waals surface area contributed by atoms with Gasteiger partial charge in [-0.15, -0.1) is 0 Å². The molecular weight excluding hydrogens is 613 g/mol. The second-order valence-corrected chi connectivity index (χ2v) is 13.8. The van der Waals surface area contributed by atoms with Crippen LogP contribution in [0, 0.1) is 0 Å². The van der Waals surface area contributed by atoms with Gasteiger partial charge < -0.3 is 18.6 Å². The summed E-state index contributed by atoms with van der Waals surface area (Å²) in [6.07, 6.45) is 0. The maximum absolute atomic E-state index is 6.92. The lowest BCUT2D eigenvalue weighted by Crippen LogP contribution is -2.14. The van der Waals surface area contributed by atoms with Crippen molar-refractivity contribution < 1.29 is 8.83 Å². The van der Waals surface area contributed by atoms with Crippen LogP contribution in [0.1, 0.15) is 26.3 Å². The highest BCUT2D eigenvalue weighted by Gasteiger charge is 2.27. The van der Waals surface area contributed by atoms with Crippen molar-refractivity contribution >= 4 is 78.0 Å². The third-order valence-corrected chi connectivity index (χ3v) is 9.61. The van der Waals surface area contributed by atoms with Gasteiger partial charge in [0.2, 0.25) is 0 Å². The van der Waals surface area contributed by atoms with Gasteiger partial charge in [-0.2, -0.15) is 0 Å². The Labute approximate surface area is 291 Å². The zero-order valence-corrected chi connectivity index (χ0v) is 28.3. The molecule has 0 bridgehead atoms. The summed E-state index contributed by atoms with van der Waals surface area (Å²) < 4.78 is 13.6. The van der Waals surface area contributed by atoms with Gasteiger partial charge in [-0.1, -0.05) is 118 Å². The molecule has 0 atom stereocenters. The molecule has 0 spiro atoms. The van der Waals surface area contributed by atoms with Crippen molar-refractivity contribution in [3.8, 4) is 0 Å². The van der Waals surface area contributed by atoms with E-state index in [1.54, 1.807) is 0 Å². The van der Waals surface area contributed by atoms with Crippen molar-refractivity contribution in [2.45, 2.75) is 26.2 Å². The molecule has 2 aromatic heterocycles. The highest BCUT2D eigenvalue weighted by molar-refractivity contribution is 6.18. The lowest BCUT2D eigenvalue weighted by molar-refractivity contribution is 0.590. The summed E-state index contributed by atoms with van der Waals surface area (Å²) in [5.74, 6) is 0. The molecule has 7 aromatic carbocycles. The first-order valence-electron chi connectivity index (χ1n) is 17.1. The Hall–Kier alpha value is -6.26. The van der Waals surface area contributed by atoms with Crippen LogP contribution in [-0.4, -0.2) is 0 Å². The number of benzene rings is 7. The highest BCUT2D eigenvalue weighted by Crippen LogP contribution is 2.50. The smallest absolute Gasteiger partial charge is 0.161 e. The van der Waals surface area contributed by atoms with Gasteiger partial charge in [0.15, 0.2) is 11.2 Å². The van der Waals surface area contributed by atoms with Gasteiger partial charge in [0, 0.05) is 33.2 Å². The van der Waals surface area contributed by atoms with E-state index in [2.05, 4.69) is 176 Å². The predicted molar refractivity (Wildman–Crippen MR) is 209 cm³/mol. The number of anilines is 6. The summed E-state index contributed by atoms with van der Waals surface area (Å²) in [4.78, 5) is 4.61. The van der Waals surface area contributed by atoms with Crippen LogP contribution >= 0.6 is 0 Å². The molecule has 0 aliphatic rings. The van der Waals surface area contributed by atoms with E-state index in [0.29, 0.717) is 0 Å². The molecule has 0 fully saturated rings. The number of nitrogens with zero attached hydrogens (tertiary/aromatic N) is 2. The molecule has 50 heavy (non-hydrogen) atoms. The van der Waals surface area contributed by atoms with Crippen molar-refractivity contribution in [1.82, 2.24) is 0 Å². The van der Waals surface area contributed by atoms with E-state index in [1.165, 1.54) is 5.56 Å². The van der Waals surface area contributed by atoms with E-state index in [-0.39, 0.29) is 5.41 Å². The predicted octanol–water partition coefficient (Wildman–Crippen LogP) is 13.7. The van der Waals surface area contributed by atoms with Crippen LogP contribution in [0.4, 0.5) is 34.1 Å². The van der Waals surface area contributed by atoms with Gasteiger partial charge in [-0.05, 0) is 77.7 Å². The fourth-order valence-corrected chi connectivity index (χ4v) is 7.17. The number of fused-ring (bicyclic) bond motifs is 6. The first-order chi connectivity index (χ1) is 24.5. The van der Waals surface area contributed by atoms with Crippen LogP contribution in [0.2, 0.25) is 0 Å². The van der Waals surface area contributed by atoms with E-state index in [0.717, 1.165) is 78.0 Å². The number of hydrogen-bond acceptors (Lipinski definition) is 4. The normalized spacial score (nSPS) is 11.9. The Bertz CT molecular complexity index is 2590. The van der Waals surface area contributed by atoms with E-state index >= 15 is 0 Å². The Morgan fingerprint density at radius 3 is 1.54 bits per heavy atom. The molecule has 4 heteroatoms. The summed E-state index contributed by atoms with van der Waals surface area (Å²) in [6, 6.07) is 57.4. The molecule has 2 heterocycles.